The minimum atomic E-state index is -1.28. The molecule has 152 valence electrons. The van der Waals surface area contributed by atoms with Gasteiger partial charge in [-0.1, -0.05) is 0 Å². The number of benzene rings is 1. The zero-order chi connectivity index (χ0) is 20.3. The van der Waals surface area contributed by atoms with Crippen molar-refractivity contribution in [1.82, 2.24) is 4.57 Å². The van der Waals surface area contributed by atoms with Crippen LogP contribution >= 0.6 is 0 Å². The Morgan fingerprint density at radius 2 is 2.10 bits per heavy atom. The lowest BCUT2D eigenvalue weighted by Crippen LogP contribution is -2.46. The number of carboxylic acid groups (broad SMARTS) is 1. The zero-order valence-corrected chi connectivity index (χ0v) is 16.3. The molecule has 3 unspecified atom stereocenters. The lowest BCUT2D eigenvalue weighted by molar-refractivity contribution is 0.0694. The summed E-state index contributed by atoms with van der Waals surface area (Å²) >= 11 is 0. The van der Waals surface area contributed by atoms with Gasteiger partial charge in [0.2, 0.25) is 5.43 Å². The number of alkyl halides is 1. The highest BCUT2D eigenvalue weighted by Crippen LogP contribution is 2.70. The number of aromatic carboxylic acids is 1. The molecule has 6 nitrogen and oxygen atoms in total. The number of nitrogens with zero attached hydrogens (tertiary/aromatic N) is 2. The Hall–Kier alpha value is -2.41. The monoisotopic (exact) mass is 397 g/mol. The molecule has 4 fully saturated rings. The molecule has 6 rings (SSSR count). The number of carboxylic acids is 1. The molecule has 0 bridgehead atoms. The van der Waals surface area contributed by atoms with Gasteiger partial charge in [0.05, 0.1) is 11.6 Å². The first kappa shape index (κ1) is 17.4. The van der Waals surface area contributed by atoms with Crippen molar-refractivity contribution in [2.45, 2.75) is 50.4 Å². The van der Waals surface area contributed by atoms with E-state index in [-0.39, 0.29) is 16.5 Å². The minimum absolute atomic E-state index is 0.146. The van der Waals surface area contributed by atoms with Crippen molar-refractivity contribution in [3.8, 4) is 0 Å². The highest BCUT2D eigenvalue weighted by Gasteiger charge is 2.72. The first-order valence-corrected chi connectivity index (χ1v) is 10.4. The summed E-state index contributed by atoms with van der Waals surface area (Å²) in [7, 11) is 0. The first-order chi connectivity index (χ1) is 13.8. The van der Waals surface area contributed by atoms with Crippen LogP contribution in [0.15, 0.2) is 23.1 Å². The van der Waals surface area contributed by atoms with Gasteiger partial charge < -0.3 is 20.3 Å². The molecule has 1 spiro atoms. The van der Waals surface area contributed by atoms with Crippen molar-refractivity contribution in [2.24, 2.45) is 17.1 Å². The number of anilines is 1. The minimum Gasteiger partial charge on any atom is -0.477 e. The van der Waals surface area contributed by atoms with E-state index in [1.165, 1.54) is 19.0 Å². The van der Waals surface area contributed by atoms with E-state index < -0.39 is 23.6 Å². The van der Waals surface area contributed by atoms with Crippen LogP contribution in [0.5, 0.6) is 0 Å². The summed E-state index contributed by atoms with van der Waals surface area (Å²) in [6.07, 6.45) is 4.14. The average Bonchev–Trinajstić information content (AvgIpc) is 3.51. The van der Waals surface area contributed by atoms with E-state index in [0.717, 1.165) is 36.7 Å². The molecule has 3 N–H and O–H groups in total. The van der Waals surface area contributed by atoms with Gasteiger partial charge in [-0.2, -0.15) is 0 Å². The topological polar surface area (TPSA) is 88.6 Å². The Kier molecular flexibility index (Phi) is 3.12. The Labute approximate surface area is 167 Å². The number of hydrogen-bond acceptors (Lipinski definition) is 4. The molecule has 5 atom stereocenters. The van der Waals surface area contributed by atoms with E-state index in [9.17, 15) is 19.1 Å². The molecule has 1 saturated heterocycles. The summed E-state index contributed by atoms with van der Waals surface area (Å²) in [5.41, 5.74) is 8.63. The molecule has 0 amide bonds. The maximum absolute atomic E-state index is 13.9. The number of halogens is 1. The normalized spacial score (nSPS) is 36.9. The van der Waals surface area contributed by atoms with Gasteiger partial charge in [0.15, 0.2) is 0 Å². The molecule has 4 aliphatic rings. The summed E-state index contributed by atoms with van der Waals surface area (Å²) < 4.78 is 15.6. The van der Waals surface area contributed by atoms with Crippen molar-refractivity contribution in [2.75, 3.05) is 18.0 Å². The molecule has 1 aromatic carbocycles. The Morgan fingerprint density at radius 1 is 1.34 bits per heavy atom. The van der Waals surface area contributed by atoms with Gasteiger partial charge in [0.25, 0.3) is 0 Å². The number of pyridine rings is 1. The van der Waals surface area contributed by atoms with Crippen LogP contribution < -0.4 is 16.1 Å². The zero-order valence-electron chi connectivity index (χ0n) is 16.3. The molecule has 2 aromatic rings. The van der Waals surface area contributed by atoms with Crippen LogP contribution in [0.3, 0.4) is 0 Å². The van der Waals surface area contributed by atoms with E-state index in [2.05, 4.69) is 4.90 Å². The molecule has 3 saturated carbocycles. The number of aryl methyl sites for hydroxylation is 1. The van der Waals surface area contributed by atoms with Crippen molar-refractivity contribution < 1.29 is 14.3 Å². The maximum atomic E-state index is 13.9. The molecular formula is C22H24FN3O3. The predicted octanol–water partition coefficient (Wildman–Crippen LogP) is 2.61. The highest BCUT2D eigenvalue weighted by molar-refractivity contribution is 5.95. The summed E-state index contributed by atoms with van der Waals surface area (Å²) in [4.78, 5) is 26.7. The number of hydrogen-bond donors (Lipinski definition) is 2. The van der Waals surface area contributed by atoms with Crippen LogP contribution in [-0.4, -0.2) is 40.4 Å². The predicted molar refractivity (Wildman–Crippen MR) is 107 cm³/mol. The Bertz CT molecular complexity index is 1150. The van der Waals surface area contributed by atoms with Crippen LogP contribution in [0, 0.1) is 18.3 Å². The van der Waals surface area contributed by atoms with E-state index in [4.69, 9.17) is 5.73 Å². The van der Waals surface area contributed by atoms with E-state index in [0.29, 0.717) is 17.3 Å². The molecule has 2 heterocycles. The molecule has 7 heteroatoms. The Balaban J connectivity index is 1.52. The summed E-state index contributed by atoms with van der Waals surface area (Å²) in [6, 6.07) is 3.21. The SMILES string of the molecule is Cc1c(N2CC3(N)CCC4CC43C2)ccc2c(=O)c(C(=O)O)cn([C@@H]3C[C@@H]3F)c12. The van der Waals surface area contributed by atoms with Gasteiger partial charge in [-0.25, -0.2) is 9.18 Å². The van der Waals surface area contributed by atoms with Crippen LogP contribution in [-0.2, 0) is 0 Å². The van der Waals surface area contributed by atoms with Crippen LogP contribution in [0.4, 0.5) is 10.1 Å². The van der Waals surface area contributed by atoms with E-state index in [1.807, 2.05) is 13.0 Å². The molecule has 29 heavy (non-hydrogen) atoms. The number of fused-ring (bicyclic) bond motifs is 1. The van der Waals surface area contributed by atoms with Crippen molar-refractivity contribution in [1.29, 1.82) is 0 Å². The highest BCUT2D eigenvalue weighted by atomic mass is 19.1. The number of nitrogens with two attached hydrogens (primary N) is 1. The number of aromatic nitrogens is 1. The fraction of sp³-hybridized carbons (Fsp3) is 0.545. The van der Waals surface area contributed by atoms with Gasteiger partial charge in [-0.15, -0.1) is 0 Å². The first-order valence-electron chi connectivity index (χ1n) is 10.4. The third-order valence-electron chi connectivity index (χ3n) is 8.14. The van der Waals surface area contributed by atoms with Gasteiger partial charge in [-0.3, -0.25) is 4.79 Å². The lowest BCUT2D eigenvalue weighted by atomic mass is 9.86. The maximum Gasteiger partial charge on any atom is 0.341 e. The van der Waals surface area contributed by atoms with Gasteiger partial charge in [0, 0.05) is 47.7 Å². The van der Waals surface area contributed by atoms with Crippen molar-refractivity contribution >= 4 is 22.6 Å². The van der Waals surface area contributed by atoms with Gasteiger partial charge >= 0.3 is 5.97 Å². The van der Waals surface area contributed by atoms with E-state index in [1.54, 1.807) is 10.6 Å². The average molecular weight is 397 g/mol. The fourth-order valence-corrected chi connectivity index (χ4v) is 6.35. The third-order valence-corrected chi connectivity index (χ3v) is 8.14. The van der Waals surface area contributed by atoms with E-state index >= 15 is 0 Å². The molecule has 3 aliphatic carbocycles. The largest absolute Gasteiger partial charge is 0.477 e. The summed E-state index contributed by atoms with van der Waals surface area (Å²) in [6.45, 7) is 3.67. The van der Waals surface area contributed by atoms with Crippen LogP contribution in [0.2, 0.25) is 0 Å². The second-order valence-corrected chi connectivity index (χ2v) is 9.62. The van der Waals surface area contributed by atoms with Crippen LogP contribution in [0.1, 0.15) is 47.6 Å². The smallest absolute Gasteiger partial charge is 0.341 e. The van der Waals surface area contributed by atoms with Crippen molar-refractivity contribution in [3.63, 3.8) is 0 Å². The number of rotatable bonds is 3. The second-order valence-electron chi connectivity index (χ2n) is 9.62. The number of carbonyl (C=O) groups is 1. The summed E-state index contributed by atoms with van der Waals surface area (Å²) in [5, 5.41) is 9.78. The molecule has 1 aliphatic heterocycles. The molecular weight excluding hydrogens is 373 g/mol. The fourth-order valence-electron chi connectivity index (χ4n) is 6.35. The van der Waals surface area contributed by atoms with Gasteiger partial charge in [0.1, 0.15) is 11.7 Å². The quantitative estimate of drug-likeness (QED) is 0.831. The van der Waals surface area contributed by atoms with Crippen molar-refractivity contribution in [3.05, 3.63) is 39.7 Å². The lowest BCUT2D eigenvalue weighted by Gasteiger charge is -2.27. The van der Waals surface area contributed by atoms with Crippen LogP contribution in [0.25, 0.3) is 10.9 Å². The molecule has 1 aromatic heterocycles. The molecule has 0 radical (unpaired) electrons. The standard InChI is InChI=1S/C22H24FN3O3/c1-11-16(25-9-21-7-12(21)4-5-22(21,24)10-25)3-2-13-18(11)26(17-6-15(17)23)8-14(19(13)27)20(28)29/h2-3,8,12,15,17H,4-7,9-10,24H2,1H3,(H,28,29)/t12?,15-,17+,21?,22?/m0/s1. The third kappa shape index (κ3) is 2.09. The summed E-state index contributed by atoms with van der Waals surface area (Å²) in [5.74, 6) is -0.548. The Morgan fingerprint density at radius 3 is 2.72 bits per heavy atom. The van der Waals surface area contributed by atoms with Gasteiger partial charge in [-0.05, 0) is 49.8 Å². The second kappa shape index (κ2) is 5.19.